The predicted octanol–water partition coefficient (Wildman–Crippen LogP) is 2.30. The molecule has 0 saturated carbocycles. The van der Waals surface area contributed by atoms with Gasteiger partial charge in [0.1, 0.15) is 0 Å². The summed E-state index contributed by atoms with van der Waals surface area (Å²) < 4.78 is 0. The lowest BCUT2D eigenvalue weighted by Crippen LogP contribution is -2.44. The molecule has 3 rings (SSSR count). The Hall–Kier alpha value is -1.88. The number of hydrogen-bond acceptors (Lipinski definition) is 3. The van der Waals surface area contributed by atoms with Crippen molar-refractivity contribution in [3.05, 3.63) is 35.4 Å². The van der Waals surface area contributed by atoms with Crippen molar-refractivity contribution >= 4 is 11.8 Å². The number of likely N-dealkylation sites (tertiary alicyclic amines) is 2. The summed E-state index contributed by atoms with van der Waals surface area (Å²) in [4.78, 5) is 28.6. The van der Waals surface area contributed by atoms with Crippen molar-refractivity contribution in [1.29, 1.82) is 0 Å². The van der Waals surface area contributed by atoms with Crippen molar-refractivity contribution < 1.29 is 9.59 Å². The fourth-order valence-corrected chi connectivity index (χ4v) is 3.84. The van der Waals surface area contributed by atoms with Gasteiger partial charge in [-0.15, -0.1) is 0 Å². The summed E-state index contributed by atoms with van der Waals surface area (Å²) in [6.45, 7) is 3.01. The summed E-state index contributed by atoms with van der Waals surface area (Å²) in [5.41, 5.74) is 2.24. The summed E-state index contributed by atoms with van der Waals surface area (Å²) in [5.74, 6) is 0.357. The number of carbonyl (C=O) groups is 2. The highest BCUT2D eigenvalue weighted by atomic mass is 16.2. The van der Waals surface area contributed by atoms with Gasteiger partial charge in [-0.3, -0.25) is 14.5 Å². The number of amides is 2. The number of benzene rings is 1. The molecule has 0 bridgehead atoms. The monoisotopic (exact) mass is 343 g/mol. The molecule has 136 valence electrons. The average Bonchev–Trinajstić information content (AvgIpc) is 2.88. The van der Waals surface area contributed by atoms with Gasteiger partial charge in [0.15, 0.2) is 0 Å². The Morgan fingerprint density at radius 3 is 2.68 bits per heavy atom. The highest BCUT2D eigenvalue weighted by Gasteiger charge is 2.25. The smallest absolute Gasteiger partial charge is 0.237 e. The molecule has 0 aliphatic carbocycles. The molecular formula is C20H29N3O2. The molecule has 2 aliphatic heterocycles. The summed E-state index contributed by atoms with van der Waals surface area (Å²) in [5, 5.41) is 3.12. The minimum atomic E-state index is -0.0187. The second-order valence-electron chi connectivity index (χ2n) is 7.25. The molecule has 2 fully saturated rings. The second kappa shape index (κ2) is 8.48. The lowest BCUT2D eigenvalue weighted by molar-refractivity contribution is -0.128. The molecule has 0 radical (unpaired) electrons. The molecule has 2 amide bonds. The van der Waals surface area contributed by atoms with Crippen molar-refractivity contribution in [2.45, 2.75) is 57.7 Å². The minimum Gasteiger partial charge on any atom is -0.351 e. The molecule has 2 aliphatic rings. The van der Waals surface area contributed by atoms with Crippen molar-refractivity contribution in [3.8, 4) is 0 Å². The van der Waals surface area contributed by atoms with E-state index < -0.39 is 0 Å². The molecule has 2 heterocycles. The maximum atomic E-state index is 12.6. The van der Waals surface area contributed by atoms with Crippen molar-refractivity contribution in [2.24, 2.45) is 0 Å². The molecule has 5 heteroatoms. The normalized spacial score (nSPS) is 22.0. The van der Waals surface area contributed by atoms with Crippen LogP contribution in [-0.4, -0.2) is 47.8 Å². The number of carbonyl (C=O) groups excluding carboxylic acids is 2. The standard InChI is InChI=1S/C20H29N3O2/c1-22-12-6-2-3-10-18(22)20(25)21-14-16-8-4-5-9-17(16)15-23-13-7-11-19(23)24/h4-5,8-9,18H,2-3,6-7,10-15H2,1H3,(H,21,25)/t18-/m1/s1. The van der Waals surface area contributed by atoms with Crippen LogP contribution in [0, 0.1) is 0 Å². The maximum Gasteiger partial charge on any atom is 0.237 e. The largest absolute Gasteiger partial charge is 0.351 e. The van der Waals surface area contributed by atoms with E-state index in [9.17, 15) is 9.59 Å². The highest BCUT2D eigenvalue weighted by Crippen LogP contribution is 2.18. The van der Waals surface area contributed by atoms with Crippen molar-refractivity contribution in [2.75, 3.05) is 20.1 Å². The Balaban J connectivity index is 1.60. The van der Waals surface area contributed by atoms with E-state index in [2.05, 4.69) is 16.3 Å². The Bertz CT molecular complexity index is 617. The van der Waals surface area contributed by atoms with Crippen molar-refractivity contribution in [1.82, 2.24) is 15.1 Å². The van der Waals surface area contributed by atoms with Gasteiger partial charge in [-0.1, -0.05) is 37.1 Å². The number of hydrogen-bond donors (Lipinski definition) is 1. The van der Waals surface area contributed by atoms with Gasteiger partial charge in [-0.05, 0) is 44.0 Å². The third-order valence-electron chi connectivity index (χ3n) is 5.43. The Morgan fingerprint density at radius 2 is 1.92 bits per heavy atom. The Kier molecular flexibility index (Phi) is 6.08. The molecule has 25 heavy (non-hydrogen) atoms. The zero-order valence-corrected chi connectivity index (χ0v) is 15.2. The highest BCUT2D eigenvalue weighted by molar-refractivity contribution is 5.81. The molecule has 1 N–H and O–H groups in total. The minimum absolute atomic E-state index is 0.0187. The van der Waals surface area contributed by atoms with E-state index in [1.807, 2.05) is 30.1 Å². The van der Waals surface area contributed by atoms with Crippen LogP contribution in [0.3, 0.4) is 0 Å². The van der Waals surface area contributed by atoms with E-state index in [1.165, 1.54) is 12.8 Å². The lowest BCUT2D eigenvalue weighted by Gasteiger charge is -2.25. The van der Waals surface area contributed by atoms with E-state index in [0.717, 1.165) is 43.5 Å². The summed E-state index contributed by atoms with van der Waals surface area (Å²) >= 11 is 0. The first-order chi connectivity index (χ1) is 12.1. The van der Waals surface area contributed by atoms with Gasteiger partial charge in [-0.2, -0.15) is 0 Å². The van der Waals surface area contributed by atoms with Crippen LogP contribution in [0.15, 0.2) is 24.3 Å². The number of nitrogens with one attached hydrogen (secondary N) is 1. The summed E-state index contributed by atoms with van der Waals surface area (Å²) in [7, 11) is 2.04. The van der Waals surface area contributed by atoms with Gasteiger partial charge in [0.25, 0.3) is 0 Å². The zero-order chi connectivity index (χ0) is 17.6. The third-order valence-corrected chi connectivity index (χ3v) is 5.43. The van der Waals surface area contributed by atoms with Crippen LogP contribution in [0.1, 0.15) is 49.7 Å². The molecule has 1 aromatic carbocycles. The van der Waals surface area contributed by atoms with E-state index in [4.69, 9.17) is 0 Å². The maximum absolute atomic E-state index is 12.6. The van der Waals surface area contributed by atoms with Crippen molar-refractivity contribution in [3.63, 3.8) is 0 Å². The molecule has 1 atom stereocenters. The van der Waals surface area contributed by atoms with Gasteiger partial charge in [0.2, 0.25) is 11.8 Å². The summed E-state index contributed by atoms with van der Waals surface area (Å²) in [6, 6.07) is 8.09. The number of likely N-dealkylation sites (N-methyl/N-ethyl adjacent to an activating group) is 1. The fraction of sp³-hybridized carbons (Fsp3) is 0.600. The molecule has 0 spiro atoms. The number of nitrogens with zero attached hydrogens (tertiary/aromatic N) is 2. The van der Waals surface area contributed by atoms with Gasteiger partial charge >= 0.3 is 0 Å². The Labute approximate surface area is 150 Å². The van der Waals surface area contributed by atoms with E-state index >= 15 is 0 Å². The van der Waals surface area contributed by atoms with Gasteiger partial charge in [-0.25, -0.2) is 0 Å². The first kappa shape index (κ1) is 17.9. The van der Waals surface area contributed by atoms with Crippen LogP contribution >= 0.6 is 0 Å². The SMILES string of the molecule is CN1CCCCC[C@@H]1C(=O)NCc1ccccc1CN1CCCC1=O. The van der Waals surface area contributed by atoms with Crippen LogP contribution in [0.5, 0.6) is 0 Å². The van der Waals surface area contributed by atoms with Gasteiger partial charge in [0.05, 0.1) is 6.04 Å². The molecule has 0 aromatic heterocycles. The quantitative estimate of drug-likeness (QED) is 0.892. The lowest BCUT2D eigenvalue weighted by atomic mass is 10.1. The van der Waals surface area contributed by atoms with Gasteiger partial charge in [0, 0.05) is 26.1 Å². The predicted molar refractivity (Wildman–Crippen MR) is 97.8 cm³/mol. The first-order valence-corrected chi connectivity index (χ1v) is 9.47. The van der Waals surface area contributed by atoms with E-state index in [-0.39, 0.29) is 17.9 Å². The molecule has 0 unspecified atom stereocenters. The van der Waals surface area contributed by atoms with Crippen LogP contribution in [0.2, 0.25) is 0 Å². The molecular weight excluding hydrogens is 314 g/mol. The zero-order valence-electron chi connectivity index (χ0n) is 15.2. The molecule has 2 saturated heterocycles. The van der Waals surface area contributed by atoms with Crippen LogP contribution in [0.25, 0.3) is 0 Å². The average molecular weight is 343 g/mol. The van der Waals surface area contributed by atoms with Crippen LogP contribution in [0.4, 0.5) is 0 Å². The molecule has 1 aromatic rings. The fourth-order valence-electron chi connectivity index (χ4n) is 3.84. The van der Waals surface area contributed by atoms with E-state index in [1.54, 1.807) is 0 Å². The van der Waals surface area contributed by atoms with Crippen LogP contribution < -0.4 is 5.32 Å². The summed E-state index contributed by atoms with van der Waals surface area (Å²) in [6.07, 6.45) is 6.05. The van der Waals surface area contributed by atoms with E-state index in [0.29, 0.717) is 19.5 Å². The second-order valence-corrected chi connectivity index (χ2v) is 7.25. The number of rotatable bonds is 5. The third kappa shape index (κ3) is 4.60. The van der Waals surface area contributed by atoms with Gasteiger partial charge < -0.3 is 10.2 Å². The Morgan fingerprint density at radius 1 is 1.12 bits per heavy atom. The molecule has 5 nitrogen and oxygen atoms in total. The first-order valence-electron chi connectivity index (χ1n) is 9.47. The topological polar surface area (TPSA) is 52.7 Å². The van der Waals surface area contributed by atoms with Crippen LogP contribution in [-0.2, 0) is 22.7 Å².